The Bertz CT molecular complexity index is 688. The molecular weight excluding hydrogens is 262 g/mol. The Labute approximate surface area is 115 Å². The molecule has 1 N–H and O–H groups in total. The minimum Gasteiger partial charge on any atom is -0.348 e. The van der Waals surface area contributed by atoms with E-state index in [1.807, 2.05) is 35.0 Å². The lowest BCUT2D eigenvalue weighted by atomic mass is 10.1. The molecule has 1 saturated carbocycles. The fraction of sp³-hybridized carbons (Fsp3) is 0.286. The van der Waals surface area contributed by atoms with Crippen LogP contribution in [0, 0.1) is 0 Å². The Balaban J connectivity index is 1.86. The summed E-state index contributed by atoms with van der Waals surface area (Å²) in [5, 5.41) is 8.24. The number of carbonyl (C=O) groups excluding carboxylic acids is 1. The molecule has 0 bridgehead atoms. The van der Waals surface area contributed by atoms with E-state index in [1.54, 1.807) is 0 Å². The van der Waals surface area contributed by atoms with Crippen LogP contribution in [-0.2, 0) is 5.54 Å². The third-order valence-corrected chi connectivity index (χ3v) is 4.15. The number of carbonyl (C=O) groups is 1. The first-order valence-electron chi connectivity index (χ1n) is 6.33. The molecule has 1 fully saturated rings. The van der Waals surface area contributed by atoms with Crippen molar-refractivity contribution in [3.05, 3.63) is 41.0 Å². The van der Waals surface area contributed by atoms with Crippen molar-refractivity contribution < 1.29 is 4.79 Å². The van der Waals surface area contributed by atoms with Gasteiger partial charge in [0.25, 0.3) is 5.91 Å². The minimum absolute atomic E-state index is 0.0278. The Morgan fingerprint density at radius 3 is 2.89 bits per heavy atom. The first-order chi connectivity index (χ1) is 9.18. The van der Waals surface area contributed by atoms with E-state index in [0.717, 1.165) is 24.1 Å². The average Bonchev–Trinajstić information content (AvgIpc) is 3.02. The second-order valence-corrected chi connectivity index (χ2v) is 5.68. The van der Waals surface area contributed by atoms with Crippen molar-refractivity contribution >= 4 is 17.5 Å². The molecule has 0 radical (unpaired) electrons. The second kappa shape index (κ2) is 3.61. The molecule has 1 aliphatic carbocycles. The van der Waals surface area contributed by atoms with E-state index in [4.69, 9.17) is 11.6 Å². The van der Waals surface area contributed by atoms with Crippen LogP contribution in [-0.4, -0.2) is 22.2 Å². The SMILES string of the molecule is O=C1NCC2(CC2)n2nc(-c3cccc(Cl)c3)cc21. The summed E-state index contributed by atoms with van der Waals surface area (Å²) in [5.41, 5.74) is 2.43. The topological polar surface area (TPSA) is 46.9 Å². The zero-order valence-corrected chi connectivity index (χ0v) is 10.9. The summed E-state index contributed by atoms with van der Waals surface area (Å²) in [5.74, 6) is -0.0432. The summed E-state index contributed by atoms with van der Waals surface area (Å²) in [4.78, 5) is 11.9. The van der Waals surface area contributed by atoms with Crippen molar-refractivity contribution in [2.45, 2.75) is 18.4 Å². The van der Waals surface area contributed by atoms with Crippen LogP contribution in [0.15, 0.2) is 30.3 Å². The maximum atomic E-state index is 11.9. The molecule has 4 rings (SSSR count). The minimum atomic E-state index is -0.0432. The summed E-state index contributed by atoms with van der Waals surface area (Å²) in [7, 11) is 0. The number of hydrogen-bond acceptors (Lipinski definition) is 2. The quantitative estimate of drug-likeness (QED) is 0.867. The predicted molar refractivity (Wildman–Crippen MR) is 72.2 cm³/mol. The lowest BCUT2D eigenvalue weighted by Crippen LogP contribution is -2.44. The van der Waals surface area contributed by atoms with Gasteiger partial charge in [-0.3, -0.25) is 9.48 Å². The normalized spacial score (nSPS) is 19.1. The Morgan fingerprint density at radius 1 is 1.32 bits per heavy atom. The van der Waals surface area contributed by atoms with E-state index in [2.05, 4.69) is 10.4 Å². The summed E-state index contributed by atoms with van der Waals surface area (Å²) in [6.07, 6.45) is 2.16. The van der Waals surface area contributed by atoms with E-state index in [9.17, 15) is 4.79 Å². The third kappa shape index (κ3) is 1.60. The average molecular weight is 274 g/mol. The van der Waals surface area contributed by atoms with Gasteiger partial charge in [0.1, 0.15) is 5.69 Å². The van der Waals surface area contributed by atoms with Gasteiger partial charge in [0.2, 0.25) is 0 Å². The number of halogens is 1. The van der Waals surface area contributed by atoms with Gasteiger partial charge in [-0.2, -0.15) is 5.10 Å². The predicted octanol–water partition coefficient (Wildman–Crippen LogP) is 2.44. The molecular formula is C14H12ClN3O. The molecule has 5 heteroatoms. The zero-order valence-electron chi connectivity index (χ0n) is 10.2. The molecule has 1 aromatic carbocycles. The molecule has 2 heterocycles. The number of hydrogen-bond donors (Lipinski definition) is 1. The third-order valence-electron chi connectivity index (χ3n) is 3.92. The number of benzene rings is 1. The highest BCUT2D eigenvalue weighted by Crippen LogP contribution is 2.45. The molecule has 96 valence electrons. The van der Waals surface area contributed by atoms with Crippen LogP contribution in [0.2, 0.25) is 5.02 Å². The number of aromatic nitrogens is 2. The molecule has 0 unspecified atom stereocenters. The number of fused-ring (bicyclic) bond motifs is 2. The lowest BCUT2D eigenvalue weighted by Gasteiger charge is -2.24. The molecule has 2 aliphatic rings. The Kier molecular flexibility index (Phi) is 2.10. The molecule has 1 aromatic heterocycles. The molecule has 0 saturated heterocycles. The van der Waals surface area contributed by atoms with Crippen LogP contribution in [0.3, 0.4) is 0 Å². The van der Waals surface area contributed by atoms with Crippen molar-refractivity contribution in [3.8, 4) is 11.3 Å². The van der Waals surface area contributed by atoms with E-state index < -0.39 is 0 Å². The van der Waals surface area contributed by atoms with Crippen LogP contribution in [0.1, 0.15) is 23.3 Å². The van der Waals surface area contributed by atoms with Crippen molar-refractivity contribution in [1.82, 2.24) is 15.1 Å². The standard InChI is InChI=1S/C14H12ClN3O/c15-10-3-1-2-9(6-10)11-7-12-13(19)16-8-14(4-5-14)18(12)17-11/h1-3,6-7H,4-5,8H2,(H,16,19). The van der Waals surface area contributed by atoms with Crippen LogP contribution in [0.5, 0.6) is 0 Å². The molecule has 1 aliphatic heterocycles. The monoisotopic (exact) mass is 273 g/mol. The molecule has 1 amide bonds. The smallest absolute Gasteiger partial charge is 0.269 e. The van der Waals surface area contributed by atoms with Crippen LogP contribution < -0.4 is 5.32 Å². The van der Waals surface area contributed by atoms with Gasteiger partial charge in [0.15, 0.2) is 0 Å². The van der Waals surface area contributed by atoms with E-state index in [1.165, 1.54) is 0 Å². The molecule has 0 atom stereocenters. The maximum absolute atomic E-state index is 11.9. The van der Waals surface area contributed by atoms with Crippen LogP contribution >= 0.6 is 11.6 Å². The number of amides is 1. The fourth-order valence-corrected chi connectivity index (χ4v) is 2.83. The van der Waals surface area contributed by atoms with Gasteiger partial charge < -0.3 is 5.32 Å². The number of rotatable bonds is 1. The van der Waals surface area contributed by atoms with Gasteiger partial charge in [-0.25, -0.2) is 0 Å². The van der Waals surface area contributed by atoms with Crippen LogP contribution in [0.25, 0.3) is 11.3 Å². The summed E-state index contributed by atoms with van der Waals surface area (Å²) in [6, 6.07) is 9.39. The Hall–Kier alpha value is -1.81. The van der Waals surface area contributed by atoms with Crippen molar-refractivity contribution in [2.75, 3.05) is 6.54 Å². The molecule has 19 heavy (non-hydrogen) atoms. The van der Waals surface area contributed by atoms with E-state index in [-0.39, 0.29) is 11.4 Å². The fourth-order valence-electron chi connectivity index (χ4n) is 2.64. The van der Waals surface area contributed by atoms with Gasteiger partial charge >= 0.3 is 0 Å². The highest BCUT2D eigenvalue weighted by atomic mass is 35.5. The van der Waals surface area contributed by atoms with Crippen molar-refractivity contribution in [2.24, 2.45) is 0 Å². The summed E-state index contributed by atoms with van der Waals surface area (Å²) < 4.78 is 1.90. The maximum Gasteiger partial charge on any atom is 0.269 e. The lowest BCUT2D eigenvalue weighted by molar-refractivity contribution is 0.0902. The van der Waals surface area contributed by atoms with Gasteiger partial charge in [-0.1, -0.05) is 23.7 Å². The highest BCUT2D eigenvalue weighted by Gasteiger charge is 2.50. The molecule has 1 spiro atoms. The number of nitrogens with zero attached hydrogens (tertiary/aromatic N) is 2. The largest absolute Gasteiger partial charge is 0.348 e. The van der Waals surface area contributed by atoms with Gasteiger partial charge in [0, 0.05) is 17.1 Å². The zero-order chi connectivity index (χ0) is 13.0. The first kappa shape index (κ1) is 11.1. The first-order valence-corrected chi connectivity index (χ1v) is 6.70. The van der Waals surface area contributed by atoms with Gasteiger partial charge in [-0.05, 0) is 31.0 Å². The van der Waals surface area contributed by atoms with Crippen molar-refractivity contribution in [1.29, 1.82) is 0 Å². The van der Waals surface area contributed by atoms with Crippen molar-refractivity contribution in [3.63, 3.8) is 0 Å². The Morgan fingerprint density at radius 2 is 2.16 bits per heavy atom. The van der Waals surface area contributed by atoms with Gasteiger partial charge in [-0.15, -0.1) is 0 Å². The van der Waals surface area contributed by atoms with E-state index in [0.29, 0.717) is 17.3 Å². The second-order valence-electron chi connectivity index (χ2n) is 5.24. The molecule has 2 aromatic rings. The summed E-state index contributed by atoms with van der Waals surface area (Å²) >= 11 is 6.00. The highest BCUT2D eigenvalue weighted by molar-refractivity contribution is 6.30. The number of nitrogens with one attached hydrogen (secondary N) is 1. The van der Waals surface area contributed by atoms with Crippen LogP contribution in [0.4, 0.5) is 0 Å². The van der Waals surface area contributed by atoms with Gasteiger partial charge in [0.05, 0.1) is 11.2 Å². The summed E-state index contributed by atoms with van der Waals surface area (Å²) in [6.45, 7) is 0.690. The molecule has 4 nitrogen and oxygen atoms in total. The van der Waals surface area contributed by atoms with E-state index >= 15 is 0 Å².